The molecule has 8 heteroatoms. The Balaban J connectivity index is 1.20. The number of benzene rings is 1. The number of hydrogen-bond donors (Lipinski definition) is 1. The minimum absolute atomic E-state index is 0.0322. The van der Waals surface area contributed by atoms with Crippen LogP contribution in [-0.2, 0) is 4.79 Å². The molecule has 0 unspecified atom stereocenters. The molecule has 1 N–H and O–H groups in total. The zero-order chi connectivity index (χ0) is 21.8. The quantitative estimate of drug-likeness (QED) is 0.452. The van der Waals surface area contributed by atoms with Gasteiger partial charge in [-0.1, -0.05) is 18.2 Å². The predicted octanol–water partition coefficient (Wildman–Crippen LogP) is 3.77. The van der Waals surface area contributed by atoms with Crippen LogP contribution in [0.15, 0.2) is 67.5 Å². The van der Waals surface area contributed by atoms with E-state index in [1.807, 2.05) is 58.1 Å². The summed E-state index contributed by atoms with van der Waals surface area (Å²) in [6.45, 7) is 1.46. The zero-order valence-electron chi connectivity index (χ0n) is 17.8. The van der Waals surface area contributed by atoms with E-state index in [9.17, 15) is 4.79 Å². The third kappa shape index (κ3) is 4.16. The standard InChI is InChI=1S/C24H25N7O/c32-23(11-4-12-26-24-18-6-1-2-7-19(18)27-16-28-24)31-14-5-9-21(31)20-8-3-10-22(29-20)30-15-13-25-17-30/h1-3,6-8,10,13,15-17,21H,4-5,9,11-12,14H2,(H,26,27,28)/t21-/m1/s1. The first kappa shape index (κ1) is 20.1. The summed E-state index contributed by atoms with van der Waals surface area (Å²) in [4.78, 5) is 32.5. The number of imidazole rings is 1. The van der Waals surface area contributed by atoms with Gasteiger partial charge in [0.15, 0.2) is 0 Å². The molecule has 0 saturated carbocycles. The summed E-state index contributed by atoms with van der Waals surface area (Å²) in [7, 11) is 0. The molecule has 0 aliphatic carbocycles. The maximum atomic E-state index is 13.0. The monoisotopic (exact) mass is 427 g/mol. The smallest absolute Gasteiger partial charge is 0.223 e. The topological polar surface area (TPSA) is 88.8 Å². The molecule has 1 aliphatic heterocycles. The molecule has 0 bridgehead atoms. The fraction of sp³-hybridized carbons (Fsp3) is 0.292. The molecule has 5 rings (SSSR count). The lowest BCUT2D eigenvalue weighted by molar-refractivity contribution is -0.132. The van der Waals surface area contributed by atoms with Gasteiger partial charge in [0.2, 0.25) is 5.91 Å². The lowest BCUT2D eigenvalue weighted by Crippen LogP contribution is -2.31. The molecular weight excluding hydrogens is 402 g/mol. The molecule has 1 saturated heterocycles. The van der Waals surface area contributed by atoms with Gasteiger partial charge in [-0.3, -0.25) is 9.36 Å². The Hall–Kier alpha value is -3.81. The van der Waals surface area contributed by atoms with Crippen LogP contribution in [0.4, 0.5) is 5.82 Å². The van der Waals surface area contributed by atoms with Crippen molar-refractivity contribution in [2.24, 2.45) is 0 Å². The number of hydrogen-bond acceptors (Lipinski definition) is 6. The number of pyridine rings is 1. The van der Waals surface area contributed by atoms with Crippen molar-refractivity contribution < 1.29 is 4.79 Å². The van der Waals surface area contributed by atoms with Crippen LogP contribution >= 0.6 is 0 Å². The van der Waals surface area contributed by atoms with Gasteiger partial charge in [0.25, 0.3) is 0 Å². The molecule has 1 aliphatic rings. The van der Waals surface area contributed by atoms with Gasteiger partial charge in [0.05, 0.1) is 17.3 Å². The Morgan fingerprint density at radius 2 is 2.06 bits per heavy atom. The SMILES string of the molecule is O=C(CCCNc1ncnc2ccccc12)N1CCC[C@@H]1c1cccc(-n2ccnc2)n1. The van der Waals surface area contributed by atoms with Gasteiger partial charge in [-0.15, -0.1) is 0 Å². The summed E-state index contributed by atoms with van der Waals surface area (Å²) in [6.07, 6.45) is 10.1. The molecule has 1 fully saturated rings. The van der Waals surface area contributed by atoms with Crippen LogP contribution in [-0.4, -0.2) is 48.4 Å². The van der Waals surface area contributed by atoms with Crippen LogP contribution < -0.4 is 5.32 Å². The van der Waals surface area contributed by atoms with Gasteiger partial charge >= 0.3 is 0 Å². The summed E-state index contributed by atoms with van der Waals surface area (Å²) in [6, 6.07) is 13.9. The Morgan fingerprint density at radius 1 is 1.12 bits per heavy atom. The lowest BCUT2D eigenvalue weighted by Gasteiger charge is -2.25. The fourth-order valence-corrected chi connectivity index (χ4v) is 4.27. The number of amides is 1. The molecule has 1 aromatic carbocycles. The number of rotatable bonds is 7. The normalized spacial score (nSPS) is 15.9. The first-order valence-electron chi connectivity index (χ1n) is 11.0. The third-order valence-corrected chi connectivity index (χ3v) is 5.84. The van der Waals surface area contributed by atoms with E-state index in [0.29, 0.717) is 13.0 Å². The van der Waals surface area contributed by atoms with E-state index in [4.69, 9.17) is 4.98 Å². The van der Waals surface area contributed by atoms with Gasteiger partial charge in [-0.05, 0) is 43.5 Å². The van der Waals surface area contributed by atoms with Gasteiger partial charge < -0.3 is 10.2 Å². The Morgan fingerprint density at radius 3 is 2.97 bits per heavy atom. The maximum Gasteiger partial charge on any atom is 0.223 e. The van der Waals surface area contributed by atoms with Crippen LogP contribution in [0, 0.1) is 0 Å². The highest BCUT2D eigenvalue weighted by Crippen LogP contribution is 2.32. The molecule has 4 heterocycles. The van der Waals surface area contributed by atoms with Crippen molar-refractivity contribution in [3.8, 4) is 5.82 Å². The highest BCUT2D eigenvalue weighted by Gasteiger charge is 2.30. The number of fused-ring (bicyclic) bond motifs is 1. The van der Waals surface area contributed by atoms with Gasteiger partial charge in [-0.2, -0.15) is 0 Å². The number of para-hydroxylation sites is 1. The van der Waals surface area contributed by atoms with E-state index in [-0.39, 0.29) is 11.9 Å². The number of nitrogens with one attached hydrogen (secondary N) is 1. The van der Waals surface area contributed by atoms with Crippen LogP contribution in [0.1, 0.15) is 37.4 Å². The second kappa shape index (κ2) is 9.13. The van der Waals surface area contributed by atoms with Crippen molar-refractivity contribution in [2.45, 2.75) is 31.7 Å². The number of anilines is 1. The Labute approximate surface area is 186 Å². The second-order valence-electron chi connectivity index (χ2n) is 7.91. The summed E-state index contributed by atoms with van der Waals surface area (Å²) >= 11 is 0. The molecular formula is C24H25N7O. The number of carbonyl (C=O) groups is 1. The fourth-order valence-electron chi connectivity index (χ4n) is 4.27. The average molecular weight is 428 g/mol. The van der Waals surface area contributed by atoms with Gasteiger partial charge in [-0.25, -0.2) is 19.9 Å². The minimum atomic E-state index is 0.0322. The number of likely N-dealkylation sites (tertiary alicyclic amines) is 1. The number of aromatic nitrogens is 5. The highest BCUT2D eigenvalue weighted by atomic mass is 16.2. The molecule has 0 spiro atoms. The summed E-state index contributed by atoms with van der Waals surface area (Å²) in [5, 5.41) is 4.35. The summed E-state index contributed by atoms with van der Waals surface area (Å²) in [5.74, 6) is 1.81. The van der Waals surface area contributed by atoms with Gasteiger partial charge in [0, 0.05) is 37.3 Å². The highest BCUT2D eigenvalue weighted by molar-refractivity contribution is 5.88. The van der Waals surface area contributed by atoms with Crippen molar-refractivity contribution in [3.05, 3.63) is 73.2 Å². The third-order valence-electron chi connectivity index (χ3n) is 5.84. The number of nitrogens with zero attached hydrogens (tertiary/aromatic N) is 6. The van der Waals surface area contributed by atoms with E-state index >= 15 is 0 Å². The van der Waals surface area contributed by atoms with E-state index in [2.05, 4.69) is 20.3 Å². The first-order valence-corrected chi connectivity index (χ1v) is 11.0. The van der Waals surface area contributed by atoms with Gasteiger partial charge in [0.1, 0.15) is 24.3 Å². The molecule has 4 aromatic rings. The second-order valence-corrected chi connectivity index (χ2v) is 7.91. The van der Waals surface area contributed by atoms with E-state index in [0.717, 1.165) is 54.0 Å². The molecule has 1 amide bonds. The molecule has 1 atom stereocenters. The zero-order valence-corrected chi connectivity index (χ0v) is 17.8. The lowest BCUT2D eigenvalue weighted by atomic mass is 10.1. The largest absolute Gasteiger partial charge is 0.369 e. The number of carbonyl (C=O) groups excluding carboxylic acids is 1. The first-order chi connectivity index (χ1) is 15.8. The van der Waals surface area contributed by atoms with E-state index < -0.39 is 0 Å². The molecule has 8 nitrogen and oxygen atoms in total. The van der Waals surface area contributed by atoms with Crippen molar-refractivity contribution >= 4 is 22.6 Å². The molecule has 32 heavy (non-hydrogen) atoms. The minimum Gasteiger partial charge on any atom is -0.369 e. The van der Waals surface area contributed by atoms with Crippen molar-refractivity contribution in [1.29, 1.82) is 0 Å². The van der Waals surface area contributed by atoms with Crippen molar-refractivity contribution in [3.63, 3.8) is 0 Å². The molecule has 3 aromatic heterocycles. The van der Waals surface area contributed by atoms with E-state index in [1.165, 1.54) is 0 Å². The predicted molar refractivity (Wildman–Crippen MR) is 122 cm³/mol. The maximum absolute atomic E-state index is 13.0. The Kier molecular flexibility index (Phi) is 5.74. The van der Waals surface area contributed by atoms with E-state index in [1.54, 1.807) is 18.9 Å². The molecule has 162 valence electrons. The van der Waals surface area contributed by atoms with Crippen LogP contribution in [0.2, 0.25) is 0 Å². The Bertz CT molecular complexity index is 1200. The molecule has 0 radical (unpaired) electrons. The summed E-state index contributed by atoms with van der Waals surface area (Å²) < 4.78 is 1.88. The van der Waals surface area contributed by atoms with Crippen LogP contribution in [0.3, 0.4) is 0 Å². The summed E-state index contributed by atoms with van der Waals surface area (Å²) in [5.41, 5.74) is 1.85. The van der Waals surface area contributed by atoms with Crippen molar-refractivity contribution in [1.82, 2.24) is 29.4 Å². The van der Waals surface area contributed by atoms with Crippen LogP contribution in [0.25, 0.3) is 16.7 Å². The van der Waals surface area contributed by atoms with Crippen molar-refractivity contribution in [2.75, 3.05) is 18.4 Å². The van der Waals surface area contributed by atoms with Crippen LogP contribution in [0.5, 0.6) is 0 Å². The average Bonchev–Trinajstić information content (AvgIpc) is 3.55.